The number of nitrogens with one attached hydrogen (secondary N) is 1. The molecule has 21 heavy (non-hydrogen) atoms. The van der Waals surface area contributed by atoms with Crippen LogP contribution >= 0.6 is 11.6 Å². The van der Waals surface area contributed by atoms with E-state index in [0.717, 1.165) is 4.90 Å². The fourth-order valence-corrected chi connectivity index (χ4v) is 2.77. The van der Waals surface area contributed by atoms with Crippen LogP contribution in [0.3, 0.4) is 0 Å². The van der Waals surface area contributed by atoms with Crippen molar-refractivity contribution in [1.29, 1.82) is 0 Å². The van der Waals surface area contributed by atoms with Gasteiger partial charge in [-0.2, -0.15) is 5.10 Å². The third-order valence-electron chi connectivity index (χ3n) is 3.55. The van der Waals surface area contributed by atoms with Gasteiger partial charge in [-0.1, -0.05) is 29.8 Å². The number of benzene rings is 2. The molecule has 3 aromatic rings. The van der Waals surface area contributed by atoms with E-state index >= 15 is 0 Å². The first-order valence-electron chi connectivity index (χ1n) is 6.29. The minimum absolute atomic E-state index is 0.345. The van der Waals surface area contributed by atoms with Gasteiger partial charge in [-0.3, -0.25) is 14.7 Å². The van der Waals surface area contributed by atoms with Gasteiger partial charge in [-0.15, -0.1) is 0 Å². The van der Waals surface area contributed by atoms with E-state index in [2.05, 4.69) is 10.2 Å². The number of fused-ring (bicyclic) bond motifs is 2. The lowest BCUT2D eigenvalue weighted by molar-refractivity contribution is 0.0926. The molecule has 1 aromatic heterocycles. The van der Waals surface area contributed by atoms with Gasteiger partial charge < -0.3 is 0 Å². The van der Waals surface area contributed by atoms with Crippen LogP contribution in [-0.2, 0) is 0 Å². The summed E-state index contributed by atoms with van der Waals surface area (Å²) in [5.74, 6) is -0.690. The average molecular weight is 298 g/mol. The Kier molecular flexibility index (Phi) is 2.40. The van der Waals surface area contributed by atoms with E-state index in [9.17, 15) is 9.59 Å². The maximum absolute atomic E-state index is 12.5. The van der Waals surface area contributed by atoms with Gasteiger partial charge >= 0.3 is 0 Å². The summed E-state index contributed by atoms with van der Waals surface area (Å²) in [6.45, 7) is 0. The summed E-state index contributed by atoms with van der Waals surface area (Å²) < 4.78 is 0. The molecule has 0 radical (unpaired) electrons. The number of halogens is 1. The van der Waals surface area contributed by atoms with Gasteiger partial charge in [0, 0.05) is 5.39 Å². The van der Waals surface area contributed by atoms with Crippen molar-refractivity contribution in [2.45, 2.75) is 0 Å². The summed E-state index contributed by atoms with van der Waals surface area (Å²) in [7, 11) is 0. The number of aromatic amines is 1. The standard InChI is InChI=1S/C15H8ClN3O2/c16-13-10-6-3-7-11(12(10)17-18-13)19-14(20)8-4-1-2-5-9(8)15(19)21/h1-7H,(H,17,18). The smallest absolute Gasteiger partial charge is 0.266 e. The zero-order chi connectivity index (χ0) is 14.6. The second kappa shape index (κ2) is 4.17. The predicted molar refractivity (Wildman–Crippen MR) is 78.7 cm³/mol. The van der Waals surface area contributed by atoms with Crippen molar-refractivity contribution in [2.75, 3.05) is 4.90 Å². The Morgan fingerprint density at radius 1 is 0.952 bits per heavy atom. The summed E-state index contributed by atoms with van der Waals surface area (Å²) in [6.07, 6.45) is 0. The quantitative estimate of drug-likeness (QED) is 0.702. The van der Waals surface area contributed by atoms with E-state index in [1.54, 1.807) is 42.5 Å². The molecule has 0 aliphatic carbocycles. The summed E-state index contributed by atoms with van der Waals surface area (Å²) in [5.41, 5.74) is 1.74. The summed E-state index contributed by atoms with van der Waals surface area (Å²) >= 11 is 6.01. The molecule has 0 spiro atoms. The molecule has 4 rings (SSSR count). The molecule has 2 aromatic carbocycles. The number of nitrogens with zero attached hydrogens (tertiary/aromatic N) is 2. The topological polar surface area (TPSA) is 66.1 Å². The fraction of sp³-hybridized carbons (Fsp3) is 0. The minimum Gasteiger partial charge on any atom is -0.268 e. The van der Waals surface area contributed by atoms with Crippen LogP contribution in [0.2, 0.25) is 5.15 Å². The molecule has 0 saturated heterocycles. The Bertz CT molecular complexity index is 881. The number of aromatic nitrogens is 2. The Hall–Kier alpha value is -2.66. The molecule has 1 N–H and O–H groups in total. The van der Waals surface area contributed by atoms with Crippen LogP contribution in [0.25, 0.3) is 10.9 Å². The number of rotatable bonds is 1. The van der Waals surface area contributed by atoms with E-state index in [-0.39, 0.29) is 11.8 Å². The second-order valence-electron chi connectivity index (χ2n) is 4.70. The zero-order valence-corrected chi connectivity index (χ0v) is 11.4. The molecule has 0 unspecified atom stereocenters. The molecule has 0 atom stereocenters. The van der Waals surface area contributed by atoms with Crippen LogP contribution < -0.4 is 4.90 Å². The molecule has 1 aliphatic heterocycles. The summed E-state index contributed by atoms with van der Waals surface area (Å²) in [5, 5.41) is 7.80. The number of para-hydroxylation sites is 1. The molecule has 2 amide bonds. The second-order valence-corrected chi connectivity index (χ2v) is 5.08. The van der Waals surface area contributed by atoms with Crippen LogP contribution in [0.4, 0.5) is 5.69 Å². The highest BCUT2D eigenvalue weighted by atomic mass is 35.5. The monoisotopic (exact) mass is 297 g/mol. The van der Waals surface area contributed by atoms with Gasteiger partial charge in [0.1, 0.15) is 10.7 Å². The van der Waals surface area contributed by atoms with Gasteiger partial charge in [0.05, 0.1) is 16.8 Å². The van der Waals surface area contributed by atoms with Crippen molar-refractivity contribution in [3.8, 4) is 0 Å². The van der Waals surface area contributed by atoms with Crippen LogP contribution in [-0.4, -0.2) is 22.0 Å². The highest BCUT2D eigenvalue weighted by Gasteiger charge is 2.37. The molecule has 5 nitrogen and oxygen atoms in total. The van der Waals surface area contributed by atoms with Gasteiger partial charge in [0.15, 0.2) is 0 Å². The van der Waals surface area contributed by atoms with Crippen LogP contribution in [0, 0.1) is 0 Å². The van der Waals surface area contributed by atoms with Gasteiger partial charge in [0.25, 0.3) is 11.8 Å². The van der Waals surface area contributed by atoms with E-state index in [1.165, 1.54) is 0 Å². The van der Waals surface area contributed by atoms with E-state index < -0.39 is 0 Å². The van der Waals surface area contributed by atoms with Crippen molar-refractivity contribution >= 4 is 40.0 Å². The van der Waals surface area contributed by atoms with Gasteiger partial charge in [-0.25, -0.2) is 4.90 Å². The van der Waals surface area contributed by atoms with Crippen molar-refractivity contribution in [3.05, 3.63) is 58.7 Å². The predicted octanol–water partition coefficient (Wildman–Crippen LogP) is 3.02. The van der Waals surface area contributed by atoms with E-state index in [0.29, 0.717) is 32.9 Å². The van der Waals surface area contributed by atoms with Crippen LogP contribution in [0.5, 0.6) is 0 Å². The molecule has 1 aliphatic rings. The highest BCUT2D eigenvalue weighted by molar-refractivity contribution is 6.37. The maximum atomic E-state index is 12.5. The van der Waals surface area contributed by atoms with Crippen molar-refractivity contribution < 1.29 is 9.59 Å². The molecular weight excluding hydrogens is 290 g/mol. The Morgan fingerprint density at radius 2 is 1.62 bits per heavy atom. The lowest BCUT2D eigenvalue weighted by Crippen LogP contribution is -2.29. The molecule has 102 valence electrons. The Morgan fingerprint density at radius 3 is 2.29 bits per heavy atom. The van der Waals surface area contributed by atoms with Crippen molar-refractivity contribution in [1.82, 2.24) is 10.2 Å². The van der Waals surface area contributed by atoms with Crippen LogP contribution in [0.1, 0.15) is 20.7 Å². The number of hydrogen-bond donors (Lipinski definition) is 1. The van der Waals surface area contributed by atoms with E-state index in [1.807, 2.05) is 0 Å². The molecular formula is C15H8ClN3O2. The van der Waals surface area contributed by atoms with E-state index in [4.69, 9.17) is 11.6 Å². The SMILES string of the molecule is O=C1c2ccccc2C(=O)N1c1cccc2c(Cl)[nH]nc12. The Labute approximate surface area is 124 Å². The average Bonchev–Trinajstić information content (AvgIpc) is 3.00. The third kappa shape index (κ3) is 1.55. The van der Waals surface area contributed by atoms with Crippen molar-refractivity contribution in [3.63, 3.8) is 0 Å². The normalized spacial score (nSPS) is 14.0. The summed E-state index contributed by atoms with van der Waals surface area (Å²) in [4.78, 5) is 26.1. The maximum Gasteiger partial charge on any atom is 0.266 e. The molecule has 0 bridgehead atoms. The first-order valence-corrected chi connectivity index (χ1v) is 6.66. The third-order valence-corrected chi connectivity index (χ3v) is 3.84. The largest absolute Gasteiger partial charge is 0.268 e. The highest BCUT2D eigenvalue weighted by Crippen LogP contribution is 2.34. The first-order chi connectivity index (χ1) is 10.2. The number of carbonyl (C=O) groups is 2. The van der Waals surface area contributed by atoms with Gasteiger partial charge in [-0.05, 0) is 24.3 Å². The number of carbonyl (C=O) groups excluding carboxylic acids is 2. The number of anilines is 1. The number of H-pyrrole nitrogens is 1. The lowest BCUT2D eigenvalue weighted by Gasteiger charge is -2.14. The lowest BCUT2D eigenvalue weighted by atomic mass is 10.1. The number of hydrogen-bond acceptors (Lipinski definition) is 3. The number of amides is 2. The van der Waals surface area contributed by atoms with Crippen molar-refractivity contribution in [2.24, 2.45) is 0 Å². The minimum atomic E-state index is -0.345. The molecule has 0 saturated carbocycles. The van der Waals surface area contributed by atoms with Crippen LogP contribution in [0.15, 0.2) is 42.5 Å². The Balaban J connectivity index is 1.95. The van der Waals surface area contributed by atoms with Gasteiger partial charge in [0.2, 0.25) is 0 Å². The summed E-state index contributed by atoms with van der Waals surface area (Å²) in [6, 6.07) is 12.0. The molecule has 2 heterocycles. The zero-order valence-electron chi connectivity index (χ0n) is 10.6. The number of imide groups is 1. The fourth-order valence-electron chi connectivity index (χ4n) is 2.58. The first kappa shape index (κ1) is 12.1. The molecule has 6 heteroatoms. The molecule has 0 fully saturated rings.